The Morgan fingerprint density at radius 2 is 1.44 bits per heavy atom. The molecule has 0 radical (unpaired) electrons. The zero-order chi connectivity index (χ0) is 18.9. The average Bonchev–Trinajstić information content (AvgIpc) is 2.53. The number of carboxylic acids is 1. The molecule has 25 heavy (non-hydrogen) atoms. The minimum absolute atomic E-state index is 0.0125. The van der Waals surface area contributed by atoms with Gasteiger partial charge in [-0.25, -0.2) is 4.79 Å². The summed E-state index contributed by atoms with van der Waals surface area (Å²) in [5.41, 5.74) is 0. The first kappa shape index (κ1) is 23.5. The van der Waals surface area contributed by atoms with Crippen molar-refractivity contribution in [2.24, 2.45) is 0 Å². The number of rotatable bonds is 16. The molecule has 2 N–H and O–H groups in total. The largest absolute Gasteiger partial charge is 0.512 e. The lowest BCUT2D eigenvalue weighted by Gasteiger charge is -2.15. The number of carbonyl (C=O) groups is 2. The van der Waals surface area contributed by atoms with Gasteiger partial charge < -0.3 is 14.9 Å². The summed E-state index contributed by atoms with van der Waals surface area (Å²) in [5.74, 6) is -1.61. The van der Waals surface area contributed by atoms with Crippen LogP contribution in [0.3, 0.4) is 0 Å². The minimum Gasteiger partial charge on any atom is -0.512 e. The van der Waals surface area contributed by atoms with E-state index in [1.54, 1.807) is 0 Å². The van der Waals surface area contributed by atoms with Crippen LogP contribution in [0.4, 0.5) is 0 Å². The predicted octanol–water partition coefficient (Wildman–Crippen LogP) is 5.54. The number of carboxylic acid groups (broad SMARTS) is 1. The molecule has 0 aliphatic carbocycles. The van der Waals surface area contributed by atoms with Gasteiger partial charge in [-0.15, -0.1) is 0 Å². The second kappa shape index (κ2) is 16.0. The van der Waals surface area contributed by atoms with E-state index in [0.29, 0.717) is 12.8 Å². The van der Waals surface area contributed by atoms with Crippen LogP contribution in [-0.4, -0.2) is 28.3 Å². The summed E-state index contributed by atoms with van der Waals surface area (Å²) < 4.78 is 5.23. The summed E-state index contributed by atoms with van der Waals surface area (Å²) in [6.07, 6.45) is 11.9. The van der Waals surface area contributed by atoms with E-state index in [4.69, 9.17) is 9.84 Å². The summed E-state index contributed by atoms with van der Waals surface area (Å²) in [4.78, 5) is 22.8. The highest BCUT2D eigenvalue weighted by atomic mass is 16.5. The molecule has 0 saturated carbocycles. The molecular weight excluding hydrogens is 320 g/mol. The first-order chi connectivity index (χ1) is 12.0. The molecule has 0 spiro atoms. The van der Waals surface area contributed by atoms with Crippen molar-refractivity contribution in [1.82, 2.24) is 0 Å². The molecular formula is C20H36O5. The third-order valence-corrected chi connectivity index (χ3v) is 4.14. The fourth-order valence-electron chi connectivity index (χ4n) is 2.69. The van der Waals surface area contributed by atoms with Gasteiger partial charge in [0, 0.05) is 6.42 Å². The Bertz CT molecular complexity index is 390. The molecule has 0 saturated heterocycles. The molecule has 0 bridgehead atoms. The van der Waals surface area contributed by atoms with Gasteiger partial charge in [0.15, 0.2) is 0 Å². The zero-order valence-electron chi connectivity index (χ0n) is 16.0. The predicted molar refractivity (Wildman–Crippen MR) is 99.6 cm³/mol. The topological polar surface area (TPSA) is 83.8 Å². The van der Waals surface area contributed by atoms with Gasteiger partial charge in [0.05, 0.1) is 18.3 Å². The number of hydrogen-bond acceptors (Lipinski definition) is 4. The van der Waals surface area contributed by atoms with Gasteiger partial charge >= 0.3 is 11.9 Å². The van der Waals surface area contributed by atoms with Crippen LogP contribution in [0.15, 0.2) is 11.8 Å². The van der Waals surface area contributed by atoms with Gasteiger partial charge in [-0.3, -0.25) is 4.79 Å². The maximum absolute atomic E-state index is 11.9. The number of unbranched alkanes of at least 4 members (excludes halogenated alkanes) is 8. The molecule has 0 amide bonds. The SMILES string of the molecule is CCCCCCCC(O)=CC(=O)OC(CCCCCCC)CC(=O)O. The fraction of sp³-hybridized carbons (Fsp3) is 0.800. The number of aliphatic hydroxyl groups excluding tert-OH is 1. The van der Waals surface area contributed by atoms with E-state index in [9.17, 15) is 14.7 Å². The number of carbonyl (C=O) groups excluding carboxylic acids is 1. The minimum atomic E-state index is -0.976. The molecule has 1 unspecified atom stereocenters. The molecule has 146 valence electrons. The third kappa shape index (κ3) is 15.7. The third-order valence-electron chi connectivity index (χ3n) is 4.14. The number of allylic oxidation sites excluding steroid dienone is 1. The van der Waals surface area contributed by atoms with Crippen LogP contribution in [-0.2, 0) is 14.3 Å². The van der Waals surface area contributed by atoms with E-state index in [1.807, 2.05) is 0 Å². The summed E-state index contributed by atoms with van der Waals surface area (Å²) in [6, 6.07) is 0. The van der Waals surface area contributed by atoms with Crippen LogP contribution in [0, 0.1) is 0 Å². The molecule has 0 aliphatic heterocycles. The number of ether oxygens (including phenoxy) is 1. The molecule has 0 aromatic heterocycles. The van der Waals surface area contributed by atoms with Crippen molar-refractivity contribution in [2.75, 3.05) is 0 Å². The fourth-order valence-corrected chi connectivity index (χ4v) is 2.69. The van der Waals surface area contributed by atoms with E-state index >= 15 is 0 Å². The first-order valence-corrected chi connectivity index (χ1v) is 9.81. The van der Waals surface area contributed by atoms with E-state index in [2.05, 4.69) is 13.8 Å². The van der Waals surface area contributed by atoms with Gasteiger partial charge in [0.1, 0.15) is 6.10 Å². The van der Waals surface area contributed by atoms with Crippen LogP contribution in [0.25, 0.3) is 0 Å². The van der Waals surface area contributed by atoms with E-state index in [-0.39, 0.29) is 12.2 Å². The Labute approximate surface area is 152 Å². The lowest BCUT2D eigenvalue weighted by molar-refractivity contribution is -0.148. The van der Waals surface area contributed by atoms with Gasteiger partial charge in [-0.1, -0.05) is 65.2 Å². The van der Waals surface area contributed by atoms with E-state index < -0.39 is 18.0 Å². The van der Waals surface area contributed by atoms with Crippen molar-refractivity contribution in [3.05, 3.63) is 11.8 Å². The summed E-state index contributed by atoms with van der Waals surface area (Å²) >= 11 is 0. The van der Waals surface area contributed by atoms with Crippen molar-refractivity contribution in [1.29, 1.82) is 0 Å². The highest BCUT2D eigenvalue weighted by Crippen LogP contribution is 2.14. The van der Waals surface area contributed by atoms with Crippen molar-refractivity contribution in [2.45, 2.75) is 103 Å². The van der Waals surface area contributed by atoms with Crippen molar-refractivity contribution < 1.29 is 24.5 Å². The zero-order valence-corrected chi connectivity index (χ0v) is 16.0. The monoisotopic (exact) mass is 356 g/mol. The summed E-state index contributed by atoms with van der Waals surface area (Å²) in [7, 11) is 0. The average molecular weight is 357 g/mol. The second-order valence-corrected chi connectivity index (χ2v) is 6.66. The van der Waals surface area contributed by atoms with Crippen molar-refractivity contribution >= 4 is 11.9 Å². The van der Waals surface area contributed by atoms with E-state index in [1.165, 1.54) is 6.42 Å². The molecule has 5 heteroatoms. The lowest BCUT2D eigenvalue weighted by atomic mass is 10.1. The van der Waals surface area contributed by atoms with E-state index in [0.717, 1.165) is 63.9 Å². The summed E-state index contributed by atoms with van der Waals surface area (Å²) in [5, 5.41) is 18.7. The van der Waals surface area contributed by atoms with Gasteiger partial charge in [0.2, 0.25) is 0 Å². The maximum atomic E-state index is 11.9. The van der Waals surface area contributed by atoms with Crippen molar-refractivity contribution in [3.8, 4) is 0 Å². The molecule has 0 aromatic rings. The Morgan fingerprint density at radius 3 is 2.00 bits per heavy atom. The highest BCUT2D eigenvalue weighted by molar-refractivity contribution is 5.82. The number of hydrogen-bond donors (Lipinski definition) is 2. The van der Waals surface area contributed by atoms with Gasteiger partial charge in [-0.05, 0) is 19.3 Å². The Kier molecular flexibility index (Phi) is 15.0. The van der Waals surface area contributed by atoms with Gasteiger partial charge in [-0.2, -0.15) is 0 Å². The normalized spacial score (nSPS) is 12.8. The Balaban J connectivity index is 4.20. The molecule has 5 nitrogen and oxygen atoms in total. The molecule has 1 atom stereocenters. The molecule has 0 aliphatic rings. The standard InChI is InChI=1S/C20H36O5/c1-3-5-7-9-11-13-17(21)15-20(24)25-18(16-19(22)23)14-12-10-8-6-4-2/h15,18,21H,3-14,16H2,1-2H3,(H,22,23). The van der Waals surface area contributed by atoms with Crippen LogP contribution in [0.2, 0.25) is 0 Å². The molecule has 0 aromatic carbocycles. The number of aliphatic carboxylic acids is 1. The Hall–Kier alpha value is -1.52. The smallest absolute Gasteiger partial charge is 0.334 e. The number of esters is 1. The van der Waals surface area contributed by atoms with Crippen LogP contribution in [0.1, 0.15) is 97.3 Å². The number of aliphatic hydroxyl groups is 1. The second-order valence-electron chi connectivity index (χ2n) is 6.66. The molecule has 0 heterocycles. The van der Waals surface area contributed by atoms with Crippen LogP contribution in [0.5, 0.6) is 0 Å². The lowest BCUT2D eigenvalue weighted by Crippen LogP contribution is -2.21. The quantitative estimate of drug-likeness (QED) is 0.164. The molecule has 0 fully saturated rings. The van der Waals surface area contributed by atoms with Gasteiger partial charge in [0.25, 0.3) is 0 Å². The highest BCUT2D eigenvalue weighted by Gasteiger charge is 2.17. The Morgan fingerprint density at radius 1 is 0.880 bits per heavy atom. The van der Waals surface area contributed by atoms with Crippen LogP contribution >= 0.6 is 0 Å². The summed E-state index contributed by atoms with van der Waals surface area (Å²) in [6.45, 7) is 4.28. The first-order valence-electron chi connectivity index (χ1n) is 9.81. The maximum Gasteiger partial charge on any atom is 0.334 e. The van der Waals surface area contributed by atoms with Crippen molar-refractivity contribution in [3.63, 3.8) is 0 Å². The molecule has 0 rings (SSSR count). The van der Waals surface area contributed by atoms with Crippen LogP contribution < -0.4 is 0 Å².